The zero-order valence-corrected chi connectivity index (χ0v) is 16.2. The van der Waals surface area contributed by atoms with Gasteiger partial charge in [-0.25, -0.2) is 4.98 Å². The highest BCUT2D eigenvalue weighted by Gasteiger charge is 2.20. The summed E-state index contributed by atoms with van der Waals surface area (Å²) in [4.78, 5) is 25.9. The maximum atomic E-state index is 12.7. The van der Waals surface area contributed by atoms with Crippen molar-refractivity contribution < 1.29 is 4.79 Å². The van der Waals surface area contributed by atoms with E-state index in [-0.39, 0.29) is 11.9 Å². The summed E-state index contributed by atoms with van der Waals surface area (Å²) >= 11 is 0. The molecule has 2 aliphatic rings. The van der Waals surface area contributed by atoms with Gasteiger partial charge in [-0.3, -0.25) is 4.79 Å². The number of amides is 1. The molecular formula is C21H28N6O. The van der Waals surface area contributed by atoms with E-state index in [0.29, 0.717) is 17.3 Å². The van der Waals surface area contributed by atoms with Crippen molar-refractivity contribution in [2.45, 2.75) is 38.1 Å². The Bertz CT molecular complexity index is 820. The molecule has 28 heavy (non-hydrogen) atoms. The molecule has 0 saturated carbocycles. The van der Waals surface area contributed by atoms with Crippen molar-refractivity contribution >= 4 is 23.4 Å². The lowest BCUT2D eigenvalue weighted by atomic mass is 10.1. The number of nitrogens with two attached hydrogens (primary N) is 1. The number of carbonyl (C=O) groups excluding carboxylic acids is 1. The van der Waals surface area contributed by atoms with E-state index in [1.54, 1.807) is 6.20 Å². The number of nitrogens with one attached hydrogen (secondary N) is 1. The summed E-state index contributed by atoms with van der Waals surface area (Å²) in [5.41, 5.74) is 7.64. The number of anilines is 3. The summed E-state index contributed by atoms with van der Waals surface area (Å²) in [6.07, 6.45) is 7.26. The number of hydrogen-bond donors (Lipinski definition) is 2. The van der Waals surface area contributed by atoms with E-state index in [1.807, 2.05) is 35.2 Å². The second kappa shape index (κ2) is 8.56. The molecule has 0 aliphatic carbocycles. The standard InChI is InChI=1S/C21H28N6O/c22-17-7-5-13-27(15-17)21-23-10-9-19(25-21)24-18-8-4-6-16(14-18)20(28)26-11-2-1-3-12-26/h4,6,8-10,14,17H,1-3,5,7,11-13,15,22H2,(H,23,24,25)/t17-/m0/s1. The van der Waals surface area contributed by atoms with Crippen LogP contribution in [0.5, 0.6) is 0 Å². The van der Waals surface area contributed by atoms with Crippen LogP contribution < -0.4 is 16.0 Å². The van der Waals surface area contributed by atoms with Crippen molar-refractivity contribution in [1.29, 1.82) is 0 Å². The van der Waals surface area contributed by atoms with Gasteiger partial charge in [-0.05, 0) is 56.4 Å². The lowest BCUT2D eigenvalue weighted by Crippen LogP contribution is -2.43. The molecule has 4 rings (SSSR count). The molecule has 0 bridgehead atoms. The number of likely N-dealkylation sites (tertiary alicyclic amines) is 1. The lowest BCUT2D eigenvalue weighted by Gasteiger charge is -2.30. The van der Waals surface area contributed by atoms with Crippen LogP contribution in [-0.4, -0.2) is 53.0 Å². The molecule has 2 saturated heterocycles. The summed E-state index contributed by atoms with van der Waals surface area (Å²) in [6, 6.07) is 9.65. The summed E-state index contributed by atoms with van der Waals surface area (Å²) < 4.78 is 0. The second-order valence-corrected chi connectivity index (χ2v) is 7.65. The van der Waals surface area contributed by atoms with Crippen LogP contribution in [0.4, 0.5) is 17.5 Å². The van der Waals surface area contributed by atoms with Gasteiger partial charge in [0.05, 0.1) is 0 Å². The number of rotatable bonds is 4. The Hall–Kier alpha value is -2.67. The van der Waals surface area contributed by atoms with Gasteiger partial charge < -0.3 is 20.9 Å². The molecule has 2 aromatic rings. The fourth-order valence-corrected chi connectivity index (χ4v) is 3.92. The van der Waals surface area contributed by atoms with E-state index in [4.69, 9.17) is 5.73 Å². The van der Waals surface area contributed by atoms with E-state index < -0.39 is 0 Å². The molecule has 148 valence electrons. The van der Waals surface area contributed by atoms with Crippen LogP contribution in [-0.2, 0) is 0 Å². The van der Waals surface area contributed by atoms with E-state index in [9.17, 15) is 4.79 Å². The minimum atomic E-state index is 0.106. The monoisotopic (exact) mass is 380 g/mol. The quantitative estimate of drug-likeness (QED) is 0.848. The predicted octanol–water partition coefficient (Wildman–Crippen LogP) is 2.77. The highest BCUT2D eigenvalue weighted by atomic mass is 16.2. The van der Waals surface area contributed by atoms with E-state index in [1.165, 1.54) is 6.42 Å². The average molecular weight is 380 g/mol. The van der Waals surface area contributed by atoms with Gasteiger partial charge in [-0.15, -0.1) is 0 Å². The van der Waals surface area contributed by atoms with Gasteiger partial charge in [0.2, 0.25) is 5.95 Å². The first kappa shape index (κ1) is 18.7. The molecule has 7 nitrogen and oxygen atoms in total. The van der Waals surface area contributed by atoms with Gasteiger partial charge in [-0.1, -0.05) is 6.07 Å². The van der Waals surface area contributed by atoms with E-state index in [0.717, 1.165) is 57.5 Å². The lowest BCUT2D eigenvalue weighted by molar-refractivity contribution is 0.0724. The van der Waals surface area contributed by atoms with Gasteiger partial charge in [0.1, 0.15) is 5.82 Å². The normalized spacial score (nSPS) is 20.1. The molecular weight excluding hydrogens is 352 g/mol. The van der Waals surface area contributed by atoms with Gasteiger partial charge >= 0.3 is 0 Å². The van der Waals surface area contributed by atoms with Gasteiger partial charge in [-0.2, -0.15) is 4.98 Å². The third-order valence-electron chi connectivity index (χ3n) is 5.41. The first-order chi connectivity index (χ1) is 13.7. The molecule has 1 aromatic heterocycles. The second-order valence-electron chi connectivity index (χ2n) is 7.65. The Morgan fingerprint density at radius 2 is 1.96 bits per heavy atom. The summed E-state index contributed by atoms with van der Waals surface area (Å²) in [5, 5.41) is 3.31. The van der Waals surface area contributed by atoms with Crippen molar-refractivity contribution in [3.63, 3.8) is 0 Å². The molecule has 2 fully saturated rings. The van der Waals surface area contributed by atoms with Crippen molar-refractivity contribution in [2.24, 2.45) is 5.73 Å². The highest BCUT2D eigenvalue weighted by molar-refractivity contribution is 5.95. The maximum absolute atomic E-state index is 12.7. The zero-order valence-electron chi connectivity index (χ0n) is 16.2. The molecule has 0 unspecified atom stereocenters. The van der Waals surface area contributed by atoms with Crippen molar-refractivity contribution in [3.8, 4) is 0 Å². The average Bonchev–Trinajstić information content (AvgIpc) is 2.74. The van der Waals surface area contributed by atoms with Crippen LogP contribution in [0.1, 0.15) is 42.5 Å². The largest absolute Gasteiger partial charge is 0.340 e. The van der Waals surface area contributed by atoms with Crippen LogP contribution >= 0.6 is 0 Å². The number of aromatic nitrogens is 2. The van der Waals surface area contributed by atoms with E-state index in [2.05, 4.69) is 20.2 Å². The summed E-state index contributed by atoms with van der Waals surface area (Å²) in [7, 11) is 0. The van der Waals surface area contributed by atoms with Gasteiger partial charge in [0, 0.05) is 49.7 Å². The Morgan fingerprint density at radius 3 is 2.79 bits per heavy atom. The molecule has 3 N–H and O–H groups in total. The third-order valence-corrected chi connectivity index (χ3v) is 5.41. The van der Waals surface area contributed by atoms with Crippen LogP contribution in [0.25, 0.3) is 0 Å². The molecule has 7 heteroatoms. The van der Waals surface area contributed by atoms with Crippen LogP contribution in [0, 0.1) is 0 Å². The molecule has 1 aromatic carbocycles. The Balaban J connectivity index is 1.47. The topological polar surface area (TPSA) is 87.4 Å². The fraction of sp³-hybridized carbons (Fsp3) is 0.476. The van der Waals surface area contributed by atoms with Crippen LogP contribution in [0.15, 0.2) is 36.5 Å². The first-order valence-corrected chi connectivity index (χ1v) is 10.2. The summed E-state index contributed by atoms with van der Waals surface area (Å²) in [5.74, 6) is 1.52. The SMILES string of the molecule is N[C@H]1CCCN(c2nccc(Nc3cccc(C(=O)N4CCCCC4)c3)n2)C1. The van der Waals surface area contributed by atoms with Gasteiger partial charge in [0.15, 0.2) is 0 Å². The zero-order chi connectivity index (χ0) is 19.3. The number of nitrogens with zero attached hydrogens (tertiary/aromatic N) is 4. The molecule has 1 atom stereocenters. The number of hydrogen-bond acceptors (Lipinski definition) is 6. The first-order valence-electron chi connectivity index (χ1n) is 10.2. The third kappa shape index (κ3) is 4.42. The van der Waals surface area contributed by atoms with Crippen LogP contribution in [0.3, 0.4) is 0 Å². The molecule has 0 spiro atoms. The Morgan fingerprint density at radius 1 is 1.11 bits per heavy atom. The summed E-state index contributed by atoms with van der Waals surface area (Å²) in [6.45, 7) is 3.41. The van der Waals surface area contributed by atoms with Crippen molar-refractivity contribution in [2.75, 3.05) is 36.4 Å². The highest BCUT2D eigenvalue weighted by Crippen LogP contribution is 2.21. The Labute approximate surface area is 166 Å². The van der Waals surface area contributed by atoms with Crippen molar-refractivity contribution in [3.05, 3.63) is 42.1 Å². The van der Waals surface area contributed by atoms with Gasteiger partial charge in [0.25, 0.3) is 5.91 Å². The minimum absolute atomic E-state index is 0.106. The Kier molecular flexibility index (Phi) is 5.71. The molecule has 3 heterocycles. The maximum Gasteiger partial charge on any atom is 0.253 e. The fourth-order valence-electron chi connectivity index (χ4n) is 3.92. The van der Waals surface area contributed by atoms with Crippen molar-refractivity contribution in [1.82, 2.24) is 14.9 Å². The molecule has 2 aliphatic heterocycles. The molecule has 0 radical (unpaired) electrons. The predicted molar refractivity (Wildman–Crippen MR) is 111 cm³/mol. The number of piperidine rings is 2. The molecule has 1 amide bonds. The number of benzene rings is 1. The number of carbonyl (C=O) groups is 1. The minimum Gasteiger partial charge on any atom is -0.340 e. The van der Waals surface area contributed by atoms with E-state index >= 15 is 0 Å². The smallest absolute Gasteiger partial charge is 0.253 e. The van der Waals surface area contributed by atoms with Crippen LogP contribution in [0.2, 0.25) is 0 Å².